The van der Waals surface area contributed by atoms with Crippen LogP contribution in [-0.4, -0.2) is 37.5 Å². The summed E-state index contributed by atoms with van der Waals surface area (Å²) in [5.41, 5.74) is 0. The van der Waals surface area contributed by atoms with Gasteiger partial charge in [0.15, 0.2) is 0 Å². The second kappa shape index (κ2) is 10.3. The van der Waals surface area contributed by atoms with Gasteiger partial charge in [-0.1, -0.05) is 32.3 Å². The molecule has 1 fully saturated rings. The molecule has 1 saturated carbocycles. The molecule has 1 unspecified atom stereocenters. The normalized spacial score (nSPS) is 17.4. The number of carbonyl (C=O) groups excluding carboxylic acids is 1. The molecule has 1 atom stereocenters. The topological polar surface area (TPSA) is 32.3 Å². The summed E-state index contributed by atoms with van der Waals surface area (Å²) < 4.78 is 0. The summed E-state index contributed by atoms with van der Waals surface area (Å²) in [4.78, 5) is 14.3. The van der Waals surface area contributed by atoms with E-state index in [0.717, 1.165) is 13.1 Å². The maximum absolute atomic E-state index is 12.3. The number of hydrogen-bond donors (Lipinski definition) is 1. The fourth-order valence-corrected chi connectivity index (χ4v) is 2.80. The number of amides is 1. The highest BCUT2D eigenvalue weighted by Gasteiger charge is 2.23. The first-order valence-electron chi connectivity index (χ1n) is 7.23. The Hall–Kier alpha value is -0.540. The molecule has 1 aliphatic rings. The van der Waals surface area contributed by atoms with Crippen LogP contribution in [0, 0.1) is 11.8 Å². The summed E-state index contributed by atoms with van der Waals surface area (Å²) in [5, 5.41) is 3.08. The summed E-state index contributed by atoms with van der Waals surface area (Å²) in [7, 11) is 1.89. The molecular formula is C15H29ClN2O. The summed E-state index contributed by atoms with van der Waals surface area (Å²) in [6, 6.07) is 0. The van der Waals surface area contributed by atoms with Crippen LogP contribution in [0.1, 0.15) is 39.0 Å². The van der Waals surface area contributed by atoms with Gasteiger partial charge in [-0.15, -0.1) is 19.0 Å². The van der Waals surface area contributed by atoms with Crippen molar-refractivity contribution in [1.29, 1.82) is 0 Å². The molecule has 0 saturated heterocycles. The Morgan fingerprint density at radius 1 is 1.42 bits per heavy atom. The van der Waals surface area contributed by atoms with E-state index in [0.29, 0.717) is 12.5 Å². The summed E-state index contributed by atoms with van der Waals surface area (Å²) in [6.07, 6.45) is 8.41. The first-order valence-corrected chi connectivity index (χ1v) is 7.23. The summed E-state index contributed by atoms with van der Waals surface area (Å²) in [5.74, 6) is 1.01. The lowest BCUT2D eigenvalue weighted by Crippen LogP contribution is -2.41. The van der Waals surface area contributed by atoms with Gasteiger partial charge in [0.1, 0.15) is 0 Å². The number of nitrogens with one attached hydrogen (secondary N) is 1. The van der Waals surface area contributed by atoms with Crippen LogP contribution in [0.4, 0.5) is 0 Å². The van der Waals surface area contributed by atoms with E-state index in [1.807, 2.05) is 24.9 Å². The Morgan fingerprint density at radius 2 is 2.05 bits per heavy atom. The van der Waals surface area contributed by atoms with E-state index in [4.69, 9.17) is 0 Å². The molecular weight excluding hydrogens is 260 g/mol. The predicted octanol–water partition coefficient (Wildman–Crippen LogP) is 2.86. The molecule has 1 rings (SSSR count). The fourth-order valence-electron chi connectivity index (χ4n) is 2.80. The molecule has 0 spiro atoms. The zero-order valence-electron chi connectivity index (χ0n) is 12.4. The number of nitrogens with zero attached hydrogens (tertiary/aromatic N) is 1. The Labute approximate surface area is 124 Å². The van der Waals surface area contributed by atoms with Crippen LogP contribution in [-0.2, 0) is 4.79 Å². The lowest BCUT2D eigenvalue weighted by atomic mass is 9.88. The average molecular weight is 289 g/mol. The first-order chi connectivity index (χ1) is 8.69. The van der Waals surface area contributed by atoms with Crippen LogP contribution >= 0.6 is 12.4 Å². The van der Waals surface area contributed by atoms with Crippen molar-refractivity contribution >= 4 is 18.3 Å². The predicted molar refractivity (Wildman–Crippen MR) is 83.7 cm³/mol. The molecule has 1 amide bonds. The zero-order valence-corrected chi connectivity index (χ0v) is 13.2. The van der Waals surface area contributed by atoms with Crippen molar-refractivity contribution in [2.24, 2.45) is 11.8 Å². The maximum Gasteiger partial charge on any atom is 0.226 e. The van der Waals surface area contributed by atoms with E-state index in [1.54, 1.807) is 0 Å². The molecule has 112 valence electrons. The van der Waals surface area contributed by atoms with Crippen molar-refractivity contribution in [3.63, 3.8) is 0 Å². The van der Waals surface area contributed by atoms with Crippen LogP contribution in [0.25, 0.3) is 0 Å². The third kappa shape index (κ3) is 6.44. The fraction of sp³-hybridized carbons (Fsp3) is 0.800. The number of hydrogen-bond acceptors (Lipinski definition) is 2. The van der Waals surface area contributed by atoms with Crippen LogP contribution < -0.4 is 5.32 Å². The van der Waals surface area contributed by atoms with E-state index >= 15 is 0 Å². The van der Waals surface area contributed by atoms with E-state index in [2.05, 4.69) is 11.9 Å². The quantitative estimate of drug-likeness (QED) is 0.731. The SMILES string of the molecule is C=CCN(CC1CCCCC1)C(=O)C(C)CNC.Cl. The van der Waals surface area contributed by atoms with E-state index in [1.165, 1.54) is 32.1 Å². The van der Waals surface area contributed by atoms with Gasteiger partial charge in [-0.2, -0.15) is 0 Å². The molecule has 0 aliphatic heterocycles. The molecule has 0 aromatic carbocycles. The molecule has 1 N–H and O–H groups in total. The van der Waals surface area contributed by atoms with Gasteiger partial charge >= 0.3 is 0 Å². The van der Waals surface area contributed by atoms with Crippen molar-refractivity contribution in [1.82, 2.24) is 10.2 Å². The minimum atomic E-state index is 0. The lowest BCUT2D eigenvalue weighted by molar-refractivity contribution is -0.135. The summed E-state index contributed by atoms with van der Waals surface area (Å²) in [6.45, 7) is 8.11. The second-order valence-corrected chi connectivity index (χ2v) is 5.49. The molecule has 1 aliphatic carbocycles. The highest BCUT2D eigenvalue weighted by atomic mass is 35.5. The van der Waals surface area contributed by atoms with Crippen molar-refractivity contribution in [3.05, 3.63) is 12.7 Å². The van der Waals surface area contributed by atoms with Crippen LogP contribution in [0.2, 0.25) is 0 Å². The van der Waals surface area contributed by atoms with Gasteiger partial charge in [0.2, 0.25) is 5.91 Å². The Bertz CT molecular complexity index is 265. The van der Waals surface area contributed by atoms with E-state index < -0.39 is 0 Å². The largest absolute Gasteiger partial charge is 0.338 e. The van der Waals surface area contributed by atoms with E-state index in [-0.39, 0.29) is 24.2 Å². The third-order valence-electron chi connectivity index (χ3n) is 3.80. The smallest absolute Gasteiger partial charge is 0.226 e. The molecule has 0 heterocycles. The maximum atomic E-state index is 12.3. The molecule has 0 radical (unpaired) electrons. The Balaban J connectivity index is 0.00000324. The van der Waals surface area contributed by atoms with Gasteiger partial charge in [0.25, 0.3) is 0 Å². The Morgan fingerprint density at radius 3 is 2.58 bits per heavy atom. The van der Waals surface area contributed by atoms with Gasteiger partial charge in [-0.3, -0.25) is 4.79 Å². The van der Waals surface area contributed by atoms with Crippen LogP contribution in [0.5, 0.6) is 0 Å². The van der Waals surface area contributed by atoms with Gasteiger partial charge in [-0.05, 0) is 25.8 Å². The lowest BCUT2D eigenvalue weighted by Gasteiger charge is -2.30. The number of halogens is 1. The van der Waals surface area contributed by atoms with Crippen molar-refractivity contribution in [2.75, 3.05) is 26.7 Å². The summed E-state index contributed by atoms with van der Waals surface area (Å²) >= 11 is 0. The molecule has 3 nitrogen and oxygen atoms in total. The minimum Gasteiger partial charge on any atom is -0.338 e. The highest BCUT2D eigenvalue weighted by Crippen LogP contribution is 2.24. The average Bonchev–Trinajstić information content (AvgIpc) is 2.39. The second-order valence-electron chi connectivity index (χ2n) is 5.49. The molecule has 0 aromatic heterocycles. The van der Waals surface area contributed by atoms with E-state index in [9.17, 15) is 4.79 Å². The van der Waals surface area contributed by atoms with Crippen LogP contribution in [0.15, 0.2) is 12.7 Å². The minimum absolute atomic E-state index is 0. The monoisotopic (exact) mass is 288 g/mol. The van der Waals surface area contributed by atoms with Gasteiger partial charge in [-0.25, -0.2) is 0 Å². The highest BCUT2D eigenvalue weighted by molar-refractivity contribution is 5.85. The number of rotatable bonds is 7. The standard InChI is InChI=1S/C15H28N2O.ClH/c1-4-10-17(15(18)13(2)11-16-3)12-14-8-6-5-7-9-14;/h4,13-14,16H,1,5-12H2,2-3H3;1H. The van der Waals surface area contributed by atoms with Crippen molar-refractivity contribution in [3.8, 4) is 0 Å². The Kier molecular flexibility index (Phi) is 9.98. The van der Waals surface area contributed by atoms with Gasteiger partial charge in [0, 0.05) is 25.6 Å². The molecule has 0 bridgehead atoms. The zero-order chi connectivity index (χ0) is 13.4. The van der Waals surface area contributed by atoms with Crippen molar-refractivity contribution < 1.29 is 4.79 Å². The van der Waals surface area contributed by atoms with Crippen LogP contribution in [0.3, 0.4) is 0 Å². The van der Waals surface area contributed by atoms with Crippen molar-refractivity contribution in [2.45, 2.75) is 39.0 Å². The van der Waals surface area contributed by atoms with Gasteiger partial charge < -0.3 is 10.2 Å². The third-order valence-corrected chi connectivity index (χ3v) is 3.80. The van der Waals surface area contributed by atoms with Gasteiger partial charge in [0.05, 0.1) is 0 Å². The number of carbonyl (C=O) groups is 1. The molecule has 19 heavy (non-hydrogen) atoms. The molecule has 0 aromatic rings. The first kappa shape index (κ1) is 18.5. The molecule has 4 heteroatoms.